The van der Waals surface area contributed by atoms with Gasteiger partial charge in [0.25, 0.3) is 0 Å². The lowest BCUT2D eigenvalue weighted by Gasteiger charge is -2.49. The van der Waals surface area contributed by atoms with Gasteiger partial charge in [-0.1, -0.05) is 72.8 Å². The van der Waals surface area contributed by atoms with Crippen LogP contribution in [0.1, 0.15) is 98.2 Å². The van der Waals surface area contributed by atoms with E-state index in [1.54, 1.807) is 0 Å². The van der Waals surface area contributed by atoms with Crippen LogP contribution in [0.5, 0.6) is 5.75 Å². The fourth-order valence-corrected chi connectivity index (χ4v) is 12.3. The van der Waals surface area contributed by atoms with Crippen molar-refractivity contribution in [3.05, 3.63) is 158 Å². The van der Waals surface area contributed by atoms with E-state index in [1.165, 1.54) is 99.3 Å². The number of aromatic nitrogens is 3. The van der Waals surface area contributed by atoms with Gasteiger partial charge in [0.1, 0.15) is 22.6 Å². The van der Waals surface area contributed by atoms with Gasteiger partial charge in [0.15, 0.2) is 5.82 Å². The number of aromatic hydroxyl groups is 1. The first kappa shape index (κ1) is 37.9. The minimum atomic E-state index is -0.0669. The summed E-state index contributed by atoms with van der Waals surface area (Å²) >= 11 is 1.82. The fraction of sp³-hybridized carbons (Fsp3) is 0.392. The van der Waals surface area contributed by atoms with Crippen molar-refractivity contribution in [2.45, 2.75) is 64.3 Å². The summed E-state index contributed by atoms with van der Waals surface area (Å²) in [5.74, 6) is 5.11. The van der Waals surface area contributed by atoms with Gasteiger partial charge in [-0.05, 0) is 110 Å². The maximum absolute atomic E-state index is 10.2. The van der Waals surface area contributed by atoms with Crippen LogP contribution in [-0.4, -0.2) is 87.7 Å². The molecule has 0 radical (unpaired) electrons. The van der Waals surface area contributed by atoms with Crippen LogP contribution in [-0.2, 0) is 6.42 Å². The SMILES string of the molecule is Cc1sc2c(c1C)C(c1ccc(N3CC(CN4CC(CN5CC(c6ccc([C@@H]7c8ccc(O)cc8CC[C@@H]7c7ccccc7)cc6)C5)C4)C3)cc1)=N[C@@H](C)c1nnc(C)n1-2. The number of hydrogen-bond acceptors (Lipinski definition) is 8. The molecule has 0 bridgehead atoms. The molecular formula is C51H55N7OS. The van der Waals surface area contributed by atoms with E-state index in [2.05, 4.69) is 135 Å². The number of nitrogens with zero attached hydrogens (tertiary/aromatic N) is 7. The molecule has 6 aromatic rings. The summed E-state index contributed by atoms with van der Waals surface area (Å²) in [5.41, 5.74) is 13.0. The molecule has 11 rings (SSSR count). The van der Waals surface area contributed by atoms with Gasteiger partial charge >= 0.3 is 0 Å². The Morgan fingerprint density at radius 1 is 0.733 bits per heavy atom. The van der Waals surface area contributed by atoms with E-state index in [0.29, 0.717) is 23.5 Å². The molecule has 60 heavy (non-hydrogen) atoms. The topological polar surface area (TPSA) is 73.0 Å². The van der Waals surface area contributed by atoms with E-state index in [4.69, 9.17) is 4.99 Å². The Balaban J connectivity index is 0.653. The van der Waals surface area contributed by atoms with Crippen molar-refractivity contribution in [3.63, 3.8) is 0 Å². The zero-order chi connectivity index (χ0) is 40.6. The monoisotopic (exact) mass is 813 g/mol. The minimum absolute atomic E-state index is 0.0669. The predicted octanol–water partition coefficient (Wildman–Crippen LogP) is 9.20. The van der Waals surface area contributed by atoms with Gasteiger partial charge in [-0.15, -0.1) is 21.5 Å². The quantitative estimate of drug-likeness (QED) is 0.157. The third-order valence-electron chi connectivity index (χ3n) is 14.4. The normalized spacial score (nSPS) is 22.2. The zero-order valence-corrected chi connectivity index (χ0v) is 36.1. The maximum atomic E-state index is 10.2. The van der Waals surface area contributed by atoms with Crippen LogP contribution in [0, 0.1) is 32.6 Å². The van der Waals surface area contributed by atoms with Crippen LogP contribution < -0.4 is 4.90 Å². The number of aryl methyl sites for hydroxylation is 3. The number of anilines is 1. The molecule has 306 valence electrons. The summed E-state index contributed by atoms with van der Waals surface area (Å²) in [6.45, 7) is 18.1. The first-order valence-corrected chi connectivity index (χ1v) is 22.9. The van der Waals surface area contributed by atoms with Crippen LogP contribution in [0.3, 0.4) is 0 Å². The summed E-state index contributed by atoms with van der Waals surface area (Å²) in [6.07, 6.45) is 2.10. The largest absolute Gasteiger partial charge is 0.508 e. The third kappa shape index (κ3) is 6.70. The molecule has 8 nitrogen and oxygen atoms in total. The van der Waals surface area contributed by atoms with E-state index in [-0.39, 0.29) is 6.04 Å². The molecule has 0 unspecified atom stereocenters. The maximum Gasteiger partial charge on any atom is 0.162 e. The molecule has 9 heteroatoms. The van der Waals surface area contributed by atoms with E-state index in [9.17, 15) is 5.11 Å². The lowest BCUT2D eigenvalue weighted by molar-refractivity contribution is 0.0270. The van der Waals surface area contributed by atoms with Crippen molar-refractivity contribution in [1.82, 2.24) is 24.6 Å². The second-order valence-electron chi connectivity index (χ2n) is 18.5. The van der Waals surface area contributed by atoms with Gasteiger partial charge in [0, 0.05) is 91.8 Å². The highest BCUT2D eigenvalue weighted by Gasteiger charge is 2.38. The summed E-state index contributed by atoms with van der Waals surface area (Å²) < 4.78 is 2.21. The number of benzene rings is 4. The molecule has 0 amide bonds. The molecule has 4 aromatic carbocycles. The van der Waals surface area contributed by atoms with Crippen LogP contribution in [0.4, 0.5) is 5.69 Å². The summed E-state index contributed by atoms with van der Waals surface area (Å²) in [5, 5.41) is 20.3. The molecule has 3 saturated heterocycles. The Bertz CT molecular complexity index is 2560. The van der Waals surface area contributed by atoms with Crippen LogP contribution in [0.15, 0.2) is 102 Å². The number of phenolic OH excluding ortho intramolecular Hbond substituents is 1. The molecule has 3 atom stereocenters. The smallest absolute Gasteiger partial charge is 0.162 e. The highest BCUT2D eigenvalue weighted by atomic mass is 32.1. The van der Waals surface area contributed by atoms with E-state index in [0.717, 1.165) is 55.1 Å². The van der Waals surface area contributed by atoms with Gasteiger partial charge in [-0.3, -0.25) is 9.56 Å². The molecular weight excluding hydrogens is 759 g/mol. The Labute approximate surface area is 358 Å². The highest BCUT2D eigenvalue weighted by molar-refractivity contribution is 7.15. The van der Waals surface area contributed by atoms with Gasteiger partial charge in [-0.2, -0.15) is 0 Å². The second-order valence-corrected chi connectivity index (χ2v) is 19.7. The minimum Gasteiger partial charge on any atom is -0.508 e. The standard InChI is InChI=1S/C51H55N7OS/c1-31-33(3)60-51-47(31)49(52-32(2)50-54-53-34(4)58(50)51)40-14-17-43(18-15-40)57-27-36(28-57)26-55-23-35(24-55)25-56-29-42(30-56)37-10-12-39(13-11-37)48-45(38-8-6-5-7-9-38)20-16-41-22-44(59)19-21-46(41)48/h5-15,17-19,21-22,32,35-36,42,45,48,59H,16,20,23-30H2,1-4H3/t32-,45+,48-/m0/s1. The third-order valence-corrected chi connectivity index (χ3v) is 15.6. The number of aliphatic imine (C=N–C) groups is 1. The van der Waals surface area contributed by atoms with Crippen molar-refractivity contribution in [3.8, 4) is 10.8 Å². The number of likely N-dealkylation sites (tertiary alicyclic amines) is 2. The molecule has 3 fully saturated rings. The van der Waals surface area contributed by atoms with Crippen LogP contribution in [0.2, 0.25) is 0 Å². The summed E-state index contributed by atoms with van der Waals surface area (Å²) in [4.78, 5) is 14.5. The number of thiophene rings is 1. The number of fused-ring (bicyclic) bond motifs is 4. The molecule has 1 aliphatic carbocycles. The lowest BCUT2D eigenvalue weighted by Crippen LogP contribution is -2.59. The van der Waals surface area contributed by atoms with Crippen LogP contribution in [0.25, 0.3) is 5.00 Å². The lowest BCUT2D eigenvalue weighted by atomic mass is 9.69. The Morgan fingerprint density at radius 3 is 2.18 bits per heavy atom. The first-order chi connectivity index (χ1) is 29.2. The molecule has 1 N–H and O–H groups in total. The zero-order valence-electron chi connectivity index (χ0n) is 35.3. The second kappa shape index (κ2) is 15.1. The van der Waals surface area contributed by atoms with Crippen LogP contribution >= 0.6 is 11.3 Å². The van der Waals surface area contributed by atoms with Crippen molar-refractivity contribution in [2.24, 2.45) is 16.8 Å². The average molecular weight is 814 g/mol. The van der Waals surface area contributed by atoms with Crippen molar-refractivity contribution in [2.75, 3.05) is 57.3 Å². The molecule has 0 spiro atoms. The van der Waals surface area contributed by atoms with E-state index in [1.807, 2.05) is 30.4 Å². The predicted molar refractivity (Wildman–Crippen MR) is 243 cm³/mol. The molecule has 6 heterocycles. The van der Waals surface area contributed by atoms with Crippen molar-refractivity contribution < 1.29 is 5.11 Å². The Hall–Kier alpha value is -5.09. The van der Waals surface area contributed by atoms with Gasteiger partial charge < -0.3 is 19.8 Å². The number of hydrogen-bond donors (Lipinski definition) is 1. The highest BCUT2D eigenvalue weighted by Crippen LogP contribution is 2.47. The Morgan fingerprint density at radius 2 is 1.43 bits per heavy atom. The summed E-state index contributed by atoms with van der Waals surface area (Å²) in [7, 11) is 0. The van der Waals surface area contributed by atoms with Gasteiger partial charge in [0.2, 0.25) is 0 Å². The number of phenols is 1. The van der Waals surface area contributed by atoms with E-state index >= 15 is 0 Å². The number of rotatable bonds is 9. The Kier molecular flexibility index (Phi) is 9.54. The molecule has 0 saturated carbocycles. The molecule has 2 aromatic heterocycles. The fourth-order valence-electron chi connectivity index (χ4n) is 11.1. The van der Waals surface area contributed by atoms with Gasteiger partial charge in [0.05, 0.1) is 5.71 Å². The van der Waals surface area contributed by atoms with Crippen molar-refractivity contribution >= 4 is 22.7 Å². The average Bonchev–Trinajstić information content (AvgIpc) is 3.71. The van der Waals surface area contributed by atoms with Gasteiger partial charge in [-0.25, -0.2) is 0 Å². The molecule has 5 aliphatic rings. The first-order valence-electron chi connectivity index (χ1n) is 22.1. The van der Waals surface area contributed by atoms with Crippen molar-refractivity contribution in [1.29, 1.82) is 0 Å². The van der Waals surface area contributed by atoms with E-state index < -0.39 is 0 Å². The molecule has 4 aliphatic heterocycles. The summed E-state index contributed by atoms with van der Waals surface area (Å²) in [6, 6.07) is 35.7.